The first kappa shape index (κ1) is 14.2. The third kappa shape index (κ3) is 2.68. The molecule has 0 amide bonds. The molecule has 4 heteroatoms. The Labute approximate surface area is 128 Å². The van der Waals surface area contributed by atoms with Gasteiger partial charge in [-0.25, -0.2) is 9.97 Å². The van der Waals surface area contributed by atoms with Crippen LogP contribution in [0.4, 0.5) is 10.2 Å². The fourth-order valence-corrected chi connectivity index (χ4v) is 2.47. The zero-order chi connectivity index (χ0) is 15.5. The molecule has 0 atom stereocenters. The monoisotopic (exact) mass is 293 g/mol. The van der Waals surface area contributed by atoms with Gasteiger partial charge in [-0.2, -0.15) is 4.39 Å². The van der Waals surface area contributed by atoms with E-state index >= 15 is 0 Å². The molecular formula is C18H16FN3. The SMILES string of the molecule is CCc1cc(-c2ccccc2-c2ccc(F)nc2)cnc1N. The maximum absolute atomic E-state index is 13.0. The van der Waals surface area contributed by atoms with Gasteiger partial charge in [-0.3, -0.25) is 0 Å². The largest absolute Gasteiger partial charge is 0.383 e. The summed E-state index contributed by atoms with van der Waals surface area (Å²) in [6, 6.07) is 13.1. The zero-order valence-electron chi connectivity index (χ0n) is 12.3. The highest BCUT2D eigenvalue weighted by Gasteiger charge is 2.09. The summed E-state index contributed by atoms with van der Waals surface area (Å²) < 4.78 is 13.0. The van der Waals surface area contributed by atoms with Crippen molar-refractivity contribution < 1.29 is 4.39 Å². The minimum absolute atomic E-state index is 0.483. The van der Waals surface area contributed by atoms with Gasteiger partial charge in [0, 0.05) is 23.5 Å². The topological polar surface area (TPSA) is 51.8 Å². The van der Waals surface area contributed by atoms with Gasteiger partial charge in [0.05, 0.1) is 0 Å². The minimum Gasteiger partial charge on any atom is -0.383 e. The Bertz CT molecular complexity index is 798. The van der Waals surface area contributed by atoms with E-state index in [9.17, 15) is 4.39 Å². The molecule has 1 aromatic carbocycles. The smallest absolute Gasteiger partial charge is 0.212 e. The Morgan fingerprint density at radius 1 is 0.955 bits per heavy atom. The van der Waals surface area contributed by atoms with Crippen LogP contribution in [-0.2, 0) is 6.42 Å². The molecule has 2 N–H and O–H groups in total. The maximum atomic E-state index is 13.0. The lowest BCUT2D eigenvalue weighted by atomic mass is 9.95. The number of nitrogens with two attached hydrogens (primary N) is 1. The molecule has 0 saturated heterocycles. The van der Waals surface area contributed by atoms with E-state index < -0.39 is 5.95 Å². The third-order valence-electron chi connectivity index (χ3n) is 3.66. The quantitative estimate of drug-likeness (QED) is 0.740. The number of halogens is 1. The molecule has 3 aromatic rings. The standard InChI is InChI=1S/C18H16FN3/c1-2-12-9-14(11-22-18(12)20)16-6-4-3-5-15(16)13-7-8-17(19)21-10-13/h3-11H,2H2,1H3,(H2,20,22). The summed E-state index contributed by atoms with van der Waals surface area (Å²) >= 11 is 0. The Balaban J connectivity index is 2.14. The molecule has 0 aliphatic carbocycles. The van der Waals surface area contributed by atoms with Crippen LogP contribution in [0.15, 0.2) is 54.9 Å². The van der Waals surface area contributed by atoms with Crippen molar-refractivity contribution in [2.45, 2.75) is 13.3 Å². The molecule has 110 valence electrons. The van der Waals surface area contributed by atoms with Crippen molar-refractivity contribution in [2.24, 2.45) is 0 Å². The van der Waals surface area contributed by atoms with Crippen LogP contribution in [0.5, 0.6) is 0 Å². The molecule has 0 radical (unpaired) electrons. The molecular weight excluding hydrogens is 277 g/mol. The molecule has 0 saturated carbocycles. The van der Waals surface area contributed by atoms with Crippen molar-refractivity contribution in [2.75, 3.05) is 5.73 Å². The van der Waals surface area contributed by atoms with Crippen LogP contribution >= 0.6 is 0 Å². The predicted octanol–water partition coefficient (Wildman–Crippen LogP) is 4.09. The minimum atomic E-state index is -0.483. The summed E-state index contributed by atoms with van der Waals surface area (Å²) in [7, 11) is 0. The summed E-state index contributed by atoms with van der Waals surface area (Å²) in [5.74, 6) is 0.0795. The molecule has 0 spiro atoms. The predicted molar refractivity (Wildman–Crippen MR) is 86.7 cm³/mol. The Morgan fingerprint density at radius 3 is 2.27 bits per heavy atom. The number of rotatable bonds is 3. The highest BCUT2D eigenvalue weighted by Crippen LogP contribution is 2.32. The van der Waals surface area contributed by atoms with Crippen LogP contribution in [0.1, 0.15) is 12.5 Å². The van der Waals surface area contributed by atoms with Crippen molar-refractivity contribution in [1.29, 1.82) is 0 Å². The van der Waals surface area contributed by atoms with E-state index in [0.717, 1.165) is 34.2 Å². The van der Waals surface area contributed by atoms with E-state index in [0.29, 0.717) is 5.82 Å². The van der Waals surface area contributed by atoms with E-state index in [4.69, 9.17) is 5.73 Å². The number of aryl methyl sites for hydroxylation is 1. The molecule has 0 aliphatic heterocycles. The number of anilines is 1. The summed E-state index contributed by atoms with van der Waals surface area (Å²) in [5.41, 5.74) is 10.8. The van der Waals surface area contributed by atoms with Crippen LogP contribution in [-0.4, -0.2) is 9.97 Å². The molecule has 0 bridgehead atoms. The molecule has 2 aromatic heterocycles. The van der Waals surface area contributed by atoms with Crippen molar-refractivity contribution in [3.8, 4) is 22.3 Å². The van der Waals surface area contributed by atoms with Crippen LogP contribution in [0, 0.1) is 5.95 Å². The average Bonchev–Trinajstić information content (AvgIpc) is 2.56. The van der Waals surface area contributed by atoms with Gasteiger partial charge >= 0.3 is 0 Å². The van der Waals surface area contributed by atoms with Crippen LogP contribution < -0.4 is 5.73 Å². The van der Waals surface area contributed by atoms with E-state index in [-0.39, 0.29) is 0 Å². The number of nitrogen functional groups attached to an aromatic ring is 1. The third-order valence-corrected chi connectivity index (χ3v) is 3.66. The first-order valence-corrected chi connectivity index (χ1v) is 7.14. The Hall–Kier alpha value is -2.75. The van der Waals surface area contributed by atoms with Gasteiger partial charge < -0.3 is 5.73 Å². The second kappa shape index (κ2) is 5.93. The maximum Gasteiger partial charge on any atom is 0.212 e. The summed E-state index contributed by atoms with van der Waals surface area (Å²) in [5, 5.41) is 0. The van der Waals surface area contributed by atoms with Crippen molar-refractivity contribution in [1.82, 2.24) is 9.97 Å². The second-order valence-corrected chi connectivity index (χ2v) is 5.04. The van der Waals surface area contributed by atoms with Gasteiger partial charge in [0.25, 0.3) is 0 Å². The van der Waals surface area contributed by atoms with Crippen LogP contribution in [0.2, 0.25) is 0 Å². The molecule has 22 heavy (non-hydrogen) atoms. The highest BCUT2D eigenvalue weighted by molar-refractivity contribution is 5.83. The van der Waals surface area contributed by atoms with Crippen molar-refractivity contribution in [3.05, 3.63) is 66.4 Å². The lowest BCUT2D eigenvalue weighted by Gasteiger charge is -2.11. The van der Waals surface area contributed by atoms with Gasteiger partial charge in [0.2, 0.25) is 5.95 Å². The number of hydrogen-bond acceptors (Lipinski definition) is 3. The summed E-state index contributed by atoms with van der Waals surface area (Å²) in [6.45, 7) is 2.05. The van der Waals surface area contributed by atoms with Gasteiger partial charge in [-0.15, -0.1) is 0 Å². The van der Waals surface area contributed by atoms with Gasteiger partial charge in [-0.1, -0.05) is 31.2 Å². The van der Waals surface area contributed by atoms with Crippen molar-refractivity contribution in [3.63, 3.8) is 0 Å². The highest BCUT2D eigenvalue weighted by atomic mass is 19.1. The molecule has 0 fully saturated rings. The van der Waals surface area contributed by atoms with E-state index in [1.807, 2.05) is 31.2 Å². The first-order valence-electron chi connectivity index (χ1n) is 7.14. The van der Waals surface area contributed by atoms with Gasteiger partial charge in [0.15, 0.2) is 0 Å². The van der Waals surface area contributed by atoms with Crippen LogP contribution in [0.3, 0.4) is 0 Å². The average molecular weight is 293 g/mol. The van der Waals surface area contributed by atoms with Gasteiger partial charge in [-0.05, 0) is 41.3 Å². The fraction of sp³-hybridized carbons (Fsp3) is 0.111. The van der Waals surface area contributed by atoms with Gasteiger partial charge in [0.1, 0.15) is 5.82 Å². The zero-order valence-corrected chi connectivity index (χ0v) is 12.3. The number of aromatic nitrogens is 2. The molecule has 0 aliphatic rings. The lowest BCUT2D eigenvalue weighted by Crippen LogP contribution is -1.97. The number of nitrogens with zero attached hydrogens (tertiary/aromatic N) is 2. The molecule has 0 unspecified atom stereocenters. The van der Waals surface area contributed by atoms with E-state index in [2.05, 4.69) is 16.0 Å². The fourth-order valence-electron chi connectivity index (χ4n) is 2.47. The van der Waals surface area contributed by atoms with E-state index in [1.165, 1.54) is 6.07 Å². The number of hydrogen-bond donors (Lipinski definition) is 1. The molecule has 2 heterocycles. The Kier molecular flexibility index (Phi) is 3.83. The molecule has 3 nitrogen and oxygen atoms in total. The lowest BCUT2D eigenvalue weighted by molar-refractivity contribution is 0.584. The normalized spacial score (nSPS) is 10.6. The second-order valence-electron chi connectivity index (χ2n) is 5.04. The van der Waals surface area contributed by atoms with E-state index in [1.54, 1.807) is 18.5 Å². The summed E-state index contributed by atoms with van der Waals surface area (Å²) in [4.78, 5) is 8.01. The summed E-state index contributed by atoms with van der Waals surface area (Å²) in [6.07, 6.45) is 4.14. The number of pyridine rings is 2. The molecule has 3 rings (SSSR count). The Morgan fingerprint density at radius 2 is 1.64 bits per heavy atom. The van der Waals surface area contributed by atoms with Crippen molar-refractivity contribution >= 4 is 5.82 Å². The van der Waals surface area contributed by atoms with Crippen LogP contribution in [0.25, 0.3) is 22.3 Å². The first-order chi connectivity index (χ1) is 10.7. The number of benzene rings is 1.